The second-order valence-electron chi connectivity index (χ2n) is 5.93. The maximum absolute atomic E-state index is 13.0. The quantitative estimate of drug-likeness (QED) is 0.443. The maximum atomic E-state index is 13.0. The van der Waals surface area contributed by atoms with E-state index in [9.17, 15) is 26.3 Å². The van der Waals surface area contributed by atoms with Gasteiger partial charge in [0.25, 0.3) is 0 Å². The summed E-state index contributed by atoms with van der Waals surface area (Å²) in [6, 6.07) is 1.40. The number of nitrogens with zero attached hydrogens (tertiary/aromatic N) is 5. The number of hydrogen-bond acceptors (Lipinski definition) is 6. The van der Waals surface area contributed by atoms with Crippen molar-refractivity contribution in [2.45, 2.75) is 48.2 Å². The van der Waals surface area contributed by atoms with Crippen LogP contribution in [0.3, 0.4) is 0 Å². The first kappa shape index (κ1) is 21.6. The molecule has 29 heavy (non-hydrogen) atoms. The lowest BCUT2D eigenvalue weighted by atomic mass is 10.0. The van der Waals surface area contributed by atoms with E-state index in [1.165, 1.54) is 5.38 Å². The molecule has 2 heterocycles. The molecule has 1 aromatic carbocycles. The molecule has 0 aliphatic carbocycles. The summed E-state index contributed by atoms with van der Waals surface area (Å²) >= 11 is 2.18. The second-order valence-corrected chi connectivity index (χ2v) is 8.01. The zero-order chi connectivity index (χ0) is 21.2. The van der Waals surface area contributed by atoms with Gasteiger partial charge in [-0.3, -0.25) is 0 Å². The number of unbranched alkanes of at least 4 members (excludes halogenated alkanes) is 1. The number of thiazole rings is 1. The van der Waals surface area contributed by atoms with E-state index in [4.69, 9.17) is 0 Å². The molecule has 0 atom stereocenters. The minimum Gasteiger partial charge on any atom is -0.229 e. The van der Waals surface area contributed by atoms with Crippen molar-refractivity contribution in [1.29, 1.82) is 0 Å². The average molecular weight is 453 g/mol. The van der Waals surface area contributed by atoms with Gasteiger partial charge in [0.1, 0.15) is 0 Å². The first-order valence-corrected chi connectivity index (χ1v) is 9.97. The average Bonchev–Trinajstić information content (AvgIpc) is 3.28. The second kappa shape index (κ2) is 8.30. The van der Waals surface area contributed by atoms with E-state index in [2.05, 4.69) is 20.5 Å². The Morgan fingerprint density at radius 2 is 1.69 bits per heavy atom. The van der Waals surface area contributed by atoms with E-state index in [1.54, 1.807) is 4.68 Å². The van der Waals surface area contributed by atoms with Crippen molar-refractivity contribution in [3.63, 3.8) is 0 Å². The molecule has 13 heteroatoms. The molecular weight excluding hydrogens is 440 g/mol. The summed E-state index contributed by atoms with van der Waals surface area (Å²) in [4.78, 5) is 4.16. The highest BCUT2D eigenvalue weighted by Gasteiger charge is 2.37. The Bertz CT molecular complexity index is 947. The van der Waals surface area contributed by atoms with Crippen LogP contribution in [0.4, 0.5) is 26.3 Å². The summed E-state index contributed by atoms with van der Waals surface area (Å²) in [6.45, 7) is 2.60. The molecule has 3 rings (SSSR count). The van der Waals surface area contributed by atoms with Gasteiger partial charge in [-0.1, -0.05) is 13.3 Å². The molecule has 0 N–H and O–H groups in total. The molecule has 0 fully saturated rings. The Morgan fingerprint density at radius 1 is 1.03 bits per heavy atom. The molecule has 0 amide bonds. The van der Waals surface area contributed by atoms with Gasteiger partial charge >= 0.3 is 12.4 Å². The minimum absolute atomic E-state index is 0.0154. The molecule has 0 unspecified atom stereocenters. The van der Waals surface area contributed by atoms with Crippen LogP contribution in [0.2, 0.25) is 0 Å². The molecule has 2 aromatic heterocycles. The lowest BCUT2D eigenvalue weighted by Crippen LogP contribution is -2.11. The minimum atomic E-state index is -4.91. The van der Waals surface area contributed by atoms with Gasteiger partial charge in [-0.25, -0.2) is 9.67 Å². The smallest absolute Gasteiger partial charge is 0.229 e. The van der Waals surface area contributed by atoms with Crippen molar-refractivity contribution in [3.05, 3.63) is 34.7 Å². The fraction of sp³-hybridized carbons (Fsp3) is 0.375. The van der Waals surface area contributed by atoms with Crippen molar-refractivity contribution >= 4 is 23.1 Å². The predicted molar refractivity (Wildman–Crippen MR) is 94.4 cm³/mol. The maximum Gasteiger partial charge on any atom is 0.416 e. The first-order chi connectivity index (χ1) is 13.6. The molecule has 3 aromatic rings. The monoisotopic (exact) mass is 453 g/mol. The van der Waals surface area contributed by atoms with Crippen molar-refractivity contribution in [1.82, 2.24) is 25.2 Å². The third-order valence-electron chi connectivity index (χ3n) is 3.77. The number of hydrogen-bond donors (Lipinski definition) is 0. The molecular formula is C16H13F6N5S2. The molecule has 0 spiro atoms. The lowest BCUT2D eigenvalue weighted by Gasteiger charge is -2.13. The Kier molecular flexibility index (Phi) is 6.17. The zero-order valence-corrected chi connectivity index (χ0v) is 16.4. The summed E-state index contributed by atoms with van der Waals surface area (Å²) in [5, 5.41) is 13.2. The molecule has 0 aliphatic heterocycles. The number of aromatic nitrogens is 5. The van der Waals surface area contributed by atoms with Crippen LogP contribution < -0.4 is 0 Å². The topological polar surface area (TPSA) is 56.5 Å². The fourth-order valence-electron chi connectivity index (χ4n) is 2.34. The third-order valence-corrected chi connectivity index (χ3v) is 5.68. The number of tetrazole rings is 1. The van der Waals surface area contributed by atoms with Crippen molar-refractivity contribution in [2.24, 2.45) is 0 Å². The van der Waals surface area contributed by atoms with Crippen LogP contribution >= 0.6 is 23.1 Å². The van der Waals surface area contributed by atoms with Gasteiger partial charge < -0.3 is 0 Å². The van der Waals surface area contributed by atoms with Crippen LogP contribution in [0.15, 0.2) is 33.1 Å². The summed E-state index contributed by atoms with van der Waals surface area (Å²) in [5.74, 6) is 0. The molecule has 156 valence electrons. The van der Waals surface area contributed by atoms with Gasteiger partial charge in [0.05, 0.1) is 16.8 Å². The van der Waals surface area contributed by atoms with E-state index < -0.39 is 23.5 Å². The molecule has 0 bridgehead atoms. The third kappa shape index (κ3) is 5.26. The van der Waals surface area contributed by atoms with E-state index in [0.29, 0.717) is 28.2 Å². The lowest BCUT2D eigenvalue weighted by molar-refractivity contribution is -0.143. The largest absolute Gasteiger partial charge is 0.416 e. The molecule has 5 nitrogen and oxygen atoms in total. The Morgan fingerprint density at radius 3 is 2.28 bits per heavy atom. The van der Waals surface area contributed by atoms with Gasteiger partial charge in [-0.2, -0.15) is 26.3 Å². The molecule has 0 radical (unpaired) electrons. The van der Waals surface area contributed by atoms with E-state index in [1.807, 2.05) is 6.92 Å². The highest BCUT2D eigenvalue weighted by Crippen LogP contribution is 2.39. The highest BCUT2D eigenvalue weighted by atomic mass is 32.2. The molecule has 0 saturated carbocycles. The summed E-state index contributed by atoms with van der Waals surface area (Å²) in [7, 11) is 0. The predicted octanol–water partition coefficient (Wildman–Crippen LogP) is 5.79. The van der Waals surface area contributed by atoms with Crippen molar-refractivity contribution in [3.8, 4) is 11.3 Å². The normalized spacial score (nSPS) is 12.5. The standard InChI is InChI=1S/C16H13F6N5S2/c1-2-3-4-27-13(24-25-26-27)29-14-23-12(8-28-14)9-5-10(15(17,18)19)7-11(6-9)16(20,21)22/h5-8H,2-4H2,1H3. The van der Waals surface area contributed by atoms with Crippen LogP contribution in [0.25, 0.3) is 11.3 Å². The van der Waals surface area contributed by atoms with Gasteiger partial charge in [0.2, 0.25) is 5.16 Å². The zero-order valence-electron chi connectivity index (χ0n) is 14.8. The van der Waals surface area contributed by atoms with Gasteiger partial charge in [-0.05, 0) is 46.8 Å². The van der Waals surface area contributed by atoms with Crippen LogP contribution in [0.1, 0.15) is 30.9 Å². The fourth-order valence-corrected chi connectivity index (χ4v) is 4.06. The Labute approximate surface area is 169 Å². The van der Waals surface area contributed by atoms with Crippen LogP contribution in [0.5, 0.6) is 0 Å². The molecule has 0 aliphatic rings. The number of rotatable bonds is 6. The number of benzene rings is 1. The summed E-state index contributed by atoms with van der Waals surface area (Å²) in [5.41, 5.74) is -3.01. The number of aryl methyl sites for hydroxylation is 1. The highest BCUT2D eigenvalue weighted by molar-refractivity contribution is 8.00. The Balaban J connectivity index is 1.91. The SMILES string of the molecule is CCCCn1nnnc1Sc1nc(-c2cc(C(F)(F)F)cc(C(F)(F)F)c2)cs1. The van der Waals surface area contributed by atoms with Gasteiger partial charge in [0.15, 0.2) is 4.34 Å². The summed E-state index contributed by atoms with van der Waals surface area (Å²) in [6.07, 6.45) is -8.04. The van der Waals surface area contributed by atoms with E-state index in [0.717, 1.165) is 35.9 Å². The molecule has 0 saturated heterocycles. The van der Waals surface area contributed by atoms with Crippen LogP contribution in [0, 0.1) is 0 Å². The Hall–Kier alpha value is -2.15. The van der Waals surface area contributed by atoms with E-state index >= 15 is 0 Å². The number of halogens is 6. The van der Waals surface area contributed by atoms with E-state index in [-0.39, 0.29) is 17.3 Å². The van der Waals surface area contributed by atoms with Gasteiger partial charge in [-0.15, -0.1) is 16.4 Å². The van der Waals surface area contributed by atoms with Crippen molar-refractivity contribution in [2.75, 3.05) is 0 Å². The number of alkyl halides is 6. The first-order valence-electron chi connectivity index (χ1n) is 8.27. The van der Waals surface area contributed by atoms with Gasteiger partial charge in [0, 0.05) is 17.5 Å². The summed E-state index contributed by atoms with van der Waals surface area (Å²) < 4.78 is 80.2. The van der Waals surface area contributed by atoms with Crippen LogP contribution in [-0.2, 0) is 18.9 Å². The van der Waals surface area contributed by atoms with Crippen LogP contribution in [-0.4, -0.2) is 25.2 Å². The van der Waals surface area contributed by atoms with Crippen molar-refractivity contribution < 1.29 is 26.3 Å².